The number of aromatic amines is 1. The van der Waals surface area contributed by atoms with Crippen molar-refractivity contribution >= 4 is 72.7 Å². The monoisotopic (exact) mass is 924 g/mol. The average molecular weight is 925 g/mol. The van der Waals surface area contributed by atoms with Crippen molar-refractivity contribution in [1.82, 2.24) is 44.5 Å². The molecule has 2 aliphatic heterocycles. The summed E-state index contributed by atoms with van der Waals surface area (Å²) in [4.78, 5) is 66.8. The summed E-state index contributed by atoms with van der Waals surface area (Å²) in [5, 5.41) is 32.2. The van der Waals surface area contributed by atoms with E-state index in [1.807, 2.05) is 6.07 Å². The second-order valence-corrected chi connectivity index (χ2v) is 17.5. The van der Waals surface area contributed by atoms with Crippen LogP contribution >= 0.6 is 15.0 Å². The Morgan fingerprint density at radius 3 is 2.53 bits per heavy atom. The maximum absolute atomic E-state index is 16.3. The lowest BCUT2D eigenvalue weighted by Gasteiger charge is -2.29. The van der Waals surface area contributed by atoms with E-state index in [1.165, 1.54) is 0 Å². The minimum atomic E-state index is -4.30. The Balaban J connectivity index is 1.15. The van der Waals surface area contributed by atoms with Gasteiger partial charge >= 0.3 is 15.0 Å². The van der Waals surface area contributed by atoms with Gasteiger partial charge in [0.2, 0.25) is 11.9 Å². The van der Waals surface area contributed by atoms with Gasteiger partial charge in [-0.15, -0.1) is 5.10 Å². The van der Waals surface area contributed by atoms with Crippen LogP contribution in [0.15, 0.2) is 47.8 Å². The van der Waals surface area contributed by atoms with Gasteiger partial charge in [-0.25, -0.2) is 23.7 Å². The zero-order valence-electron chi connectivity index (χ0n) is 32.2. The van der Waals surface area contributed by atoms with Crippen molar-refractivity contribution in [3.63, 3.8) is 0 Å². The van der Waals surface area contributed by atoms with Gasteiger partial charge in [-0.3, -0.25) is 38.3 Å². The summed E-state index contributed by atoms with van der Waals surface area (Å²) < 4.78 is 80.8. The molecular weight excluding hydrogens is 888 g/mol. The summed E-state index contributed by atoms with van der Waals surface area (Å²) in [7, 11) is -3.85. The molecule has 0 radical (unpaired) electrons. The topological polar surface area (TPSA) is 315 Å². The smallest absolute Gasteiger partial charge is 0.327 e. The molecule has 0 aliphatic carbocycles. The normalized spacial score (nSPS) is 25.2. The molecule has 24 nitrogen and oxygen atoms in total. The number of nitrogens with one attached hydrogen (secondary N) is 3. The number of aliphatic hydroxyl groups excluding tert-OH is 1. The number of amides is 2. The minimum Gasteiger partial charge on any atom is -0.394 e. The molecule has 2 saturated heterocycles. The SMILES string of the molecule is CC(C)C(=O)Nc1nc2c(ncn2[C@@H]2O[C@@H](CO)[C@@H](F)[C@H]2OP(=S)(OCCC#N)OC[C@H]2O[C@@H](n3nnc4c(NC(=O)c5ccccc5)ncnc43)[C@@H](F)[C@@H]2O[PH](=O)O)c(=O)[nH]1. The van der Waals surface area contributed by atoms with E-state index >= 15 is 8.78 Å². The largest absolute Gasteiger partial charge is 0.394 e. The molecule has 1 aromatic carbocycles. The number of nitrogens with zero attached hydrogens (tertiary/aromatic N) is 9. The van der Waals surface area contributed by atoms with Gasteiger partial charge in [0.05, 0.1) is 38.6 Å². The lowest BCUT2D eigenvalue weighted by molar-refractivity contribution is -0.118. The van der Waals surface area contributed by atoms with Gasteiger partial charge < -0.3 is 38.4 Å². The van der Waals surface area contributed by atoms with Crippen molar-refractivity contribution in [2.24, 2.45) is 5.92 Å². The second kappa shape index (κ2) is 19.1. The Labute approximate surface area is 353 Å². The number of alkyl halides is 2. The number of benzene rings is 1. The average Bonchev–Trinajstić information content (AvgIpc) is 4.02. The number of carbonyl (C=O) groups excluding carboxylic acids is 2. The number of hydrogen-bond donors (Lipinski definition) is 5. The van der Waals surface area contributed by atoms with Crippen molar-refractivity contribution in [2.45, 2.75) is 69.5 Å². The number of aliphatic hydroxyl groups is 1. The molecule has 0 spiro atoms. The van der Waals surface area contributed by atoms with E-state index < -0.39 is 107 Å². The number of anilines is 2. The highest BCUT2D eigenvalue weighted by Crippen LogP contribution is 2.55. The van der Waals surface area contributed by atoms with E-state index in [4.69, 9.17) is 39.4 Å². The van der Waals surface area contributed by atoms with Gasteiger partial charge in [0.1, 0.15) is 30.7 Å². The Morgan fingerprint density at radius 1 is 1.06 bits per heavy atom. The molecule has 2 unspecified atom stereocenters. The van der Waals surface area contributed by atoms with Gasteiger partial charge in [-0.05, 0) is 23.9 Å². The number of hydrogen-bond acceptors (Lipinski definition) is 19. The lowest BCUT2D eigenvalue weighted by atomic mass is 10.1. The molecule has 6 heterocycles. The quantitative estimate of drug-likeness (QED) is 0.0658. The van der Waals surface area contributed by atoms with E-state index in [2.05, 4.69) is 45.9 Å². The Hall–Kier alpha value is -5.10. The Bertz CT molecular complexity index is 2620. The number of halogens is 2. The van der Waals surface area contributed by atoms with Crippen LogP contribution in [-0.2, 0) is 48.7 Å². The van der Waals surface area contributed by atoms with Crippen LogP contribution in [0.25, 0.3) is 22.3 Å². The summed E-state index contributed by atoms with van der Waals surface area (Å²) >= 11 is 5.65. The van der Waals surface area contributed by atoms with Gasteiger partial charge in [0.25, 0.3) is 11.5 Å². The molecule has 10 atom stereocenters. The van der Waals surface area contributed by atoms with E-state index in [0.717, 1.165) is 21.9 Å². The number of aromatic nitrogens is 9. The first-order chi connectivity index (χ1) is 29.7. The number of rotatable bonds is 17. The molecular formula is C33H36F2N12O12P2S. The third-order valence-electron chi connectivity index (χ3n) is 9.30. The number of carbonyl (C=O) groups is 2. The second-order valence-electron chi connectivity index (χ2n) is 13.7. The van der Waals surface area contributed by atoms with Gasteiger partial charge in [-0.1, -0.05) is 37.3 Å². The van der Waals surface area contributed by atoms with Crippen molar-refractivity contribution in [3.8, 4) is 6.07 Å². The summed E-state index contributed by atoms with van der Waals surface area (Å²) in [5.41, 5.74) is -1.06. The van der Waals surface area contributed by atoms with Crippen LogP contribution in [-0.4, -0.2) is 123 Å². The minimum absolute atomic E-state index is 0.0624. The van der Waals surface area contributed by atoms with Gasteiger partial charge in [-0.2, -0.15) is 14.9 Å². The van der Waals surface area contributed by atoms with Crippen LogP contribution < -0.4 is 16.2 Å². The third kappa shape index (κ3) is 9.45. The van der Waals surface area contributed by atoms with E-state index in [-0.39, 0.29) is 40.5 Å². The van der Waals surface area contributed by atoms with E-state index in [1.54, 1.807) is 44.2 Å². The number of fused-ring (bicyclic) bond motifs is 2. The fraction of sp³-hybridized carbons (Fsp3) is 0.455. The number of H-pyrrole nitrogens is 1. The molecule has 4 aromatic heterocycles. The van der Waals surface area contributed by atoms with Crippen molar-refractivity contribution in [3.05, 3.63) is 58.9 Å². The molecule has 2 fully saturated rings. The molecule has 0 bridgehead atoms. The van der Waals surface area contributed by atoms with Crippen molar-refractivity contribution < 1.29 is 60.5 Å². The van der Waals surface area contributed by atoms with Crippen LogP contribution in [0.5, 0.6) is 0 Å². The van der Waals surface area contributed by atoms with Crippen LogP contribution in [0.4, 0.5) is 20.5 Å². The van der Waals surface area contributed by atoms with Crippen LogP contribution in [0, 0.1) is 17.2 Å². The van der Waals surface area contributed by atoms with E-state index in [0.29, 0.717) is 5.56 Å². The molecule has 7 rings (SSSR count). The molecule has 2 aliphatic rings. The van der Waals surface area contributed by atoms with Gasteiger partial charge in [0, 0.05) is 11.5 Å². The number of nitriles is 1. The predicted molar refractivity (Wildman–Crippen MR) is 211 cm³/mol. The molecule has 5 N–H and O–H groups in total. The van der Waals surface area contributed by atoms with Gasteiger partial charge in [0.15, 0.2) is 52.9 Å². The highest BCUT2D eigenvalue weighted by atomic mass is 32.5. The summed E-state index contributed by atoms with van der Waals surface area (Å²) in [6, 6.07) is 10.0. The molecule has 62 heavy (non-hydrogen) atoms. The predicted octanol–water partition coefficient (Wildman–Crippen LogP) is 1.99. The van der Waals surface area contributed by atoms with E-state index in [9.17, 15) is 34.2 Å². The first-order valence-electron chi connectivity index (χ1n) is 18.5. The van der Waals surface area contributed by atoms with Crippen molar-refractivity contribution in [2.75, 3.05) is 30.5 Å². The molecule has 2 amide bonds. The Morgan fingerprint density at radius 2 is 1.82 bits per heavy atom. The lowest BCUT2D eigenvalue weighted by Crippen LogP contribution is -2.34. The maximum Gasteiger partial charge on any atom is 0.327 e. The fourth-order valence-corrected chi connectivity index (χ4v) is 8.88. The summed E-state index contributed by atoms with van der Waals surface area (Å²) in [6.45, 7) is -3.13. The zero-order chi connectivity index (χ0) is 44.3. The molecule has 29 heteroatoms. The molecule has 0 saturated carbocycles. The fourth-order valence-electron chi connectivity index (χ4n) is 6.31. The first kappa shape index (κ1) is 44.9. The first-order valence-corrected chi connectivity index (χ1v) is 22.3. The van der Waals surface area contributed by atoms with Crippen LogP contribution in [0.2, 0.25) is 0 Å². The van der Waals surface area contributed by atoms with Crippen LogP contribution in [0.3, 0.4) is 0 Å². The number of imidazole rings is 1. The third-order valence-corrected chi connectivity index (χ3v) is 12.1. The highest BCUT2D eigenvalue weighted by Gasteiger charge is 2.52. The molecule has 330 valence electrons. The van der Waals surface area contributed by atoms with Crippen molar-refractivity contribution in [1.29, 1.82) is 5.26 Å². The zero-order valence-corrected chi connectivity index (χ0v) is 34.9. The standard InChI is InChI=1S/C33H36F2N12O12P2S/c1-15(2)28(49)42-33-41-27-22(30(51)43-33)39-14-46(27)32-24(19(34)17(11-48)56-32)59-61(62,54-10-6-9-36)55-12-18-23(58-60(52)53)20(35)31(57-18)47-26-21(44-45-47)25(37-13-38-26)40-29(50)16-7-4-3-5-8-16/h3-5,7-8,13-15,17-20,23-24,31-32,48,60H,6,10-12H2,1-2H3,(H,52,53)(H,37,38,40,50)(H2,41,42,43,49,51)/t17-,18+,19+,20-,23+,24+,31+,32+,61?/m0/s1. The Kier molecular flexibility index (Phi) is 13.9. The molecule has 5 aromatic rings. The number of ether oxygens (including phenoxy) is 2. The maximum atomic E-state index is 16.3. The summed E-state index contributed by atoms with van der Waals surface area (Å²) in [6.07, 6.45) is -12.6. The highest BCUT2D eigenvalue weighted by molar-refractivity contribution is 8.07. The van der Waals surface area contributed by atoms with Crippen LogP contribution in [0.1, 0.15) is 43.1 Å². The summed E-state index contributed by atoms with van der Waals surface area (Å²) in [5.74, 6) is -1.84.